The Labute approximate surface area is 124 Å². The first-order valence-corrected chi connectivity index (χ1v) is 8.03. The minimum atomic E-state index is -1.62. The van der Waals surface area contributed by atoms with Gasteiger partial charge in [-0.3, -0.25) is 14.5 Å². The first-order valence-electron chi connectivity index (χ1n) is 8.03. The molecule has 1 N–H and O–H groups in total. The lowest BCUT2D eigenvalue weighted by molar-refractivity contribution is -0.156. The van der Waals surface area contributed by atoms with Gasteiger partial charge in [-0.15, -0.1) is 0 Å². The van der Waals surface area contributed by atoms with Gasteiger partial charge in [0.25, 0.3) is 5.91 Å². The number of carbonyl (C=O) groups excluding carboxylic acids is 2. The van der Waals surface area contributed by atoms with Crippen molar-refractivity contribution in [3.8, 4) is 0 Å². The normalized spacial score (nSPS) is 28.1. The zero-order chi connectivity index (χ0) is 15.1. The molecular formula is C15H24FN3O2. The van der Waals surface area contributed by atoms with Crippen molar-refractivity contribution in [1.82, 2.24) is 15.1 Å². The number of rotatable bonds is 2. The van der Waals surface area contributed by atoms with E-state index >= 15 is 0 Å². The van der Waals surface area contributed by atoms with Gasteiger partial charge in [0, 0.05) is 26.2 Å². The summed E-state index contributed by atoms with van der Waals surface area (Å²) >= 11 is 0. The first kappa shape index (κ1) is 14.8. The molecule has 21 heavy (non-hydrogen) atoms. The van der Waals surface area contributed by atoms with Crippen LogP contribution in [0.3, 0.4) is 0 Å². The molecule has 2 heterocycles. The number of piperazine rings is 1. The highest BCUT2D eigenvalue weighted by molar-refractivity contribution is 5.89. The van der Waals surface area contributed by atoms with Crippen LogP contribution in [0.4, 0.5) is 4.39 Å². The number of halogens is 1. The minimum absolute atomic E-state index is 0.0707. The predicted octanol–water partition coefficient (Wildman–Crippen LogP) is 0.692. The molecule has 2 aliphatic heterocycles. The van der Waals surface area contributed by atoms with Gasteiger partial charge in [0.2, 0.25) is 5.91 Å². The van der Waals surface area contributed by atoms with E-state index in [-0.39, 0.29) is 11.8 Å². The molecule has 0 unspecified atom stereocenters. The molecule has 118 valence electrons. The Balaban J connectivity index is 1.68. The molecule has 1 saturated carbocycles. The van der Waals surface area contributed by atoms with Crippen molar-refractivity contribution in [3.05, 3.63) is 0 Å². The summed E-state index contributed by atoms with van der Waals surface area (Å²) in [5, 5.41) is 2.95. The van der Waals surface area contributed by atoms with Crippen molar-refractivity contribution in [2.75, 3.05) is 32.7 Å². The summed E-state index contributed by atoms with van der Waals surface area (Å²) in [4.78, 5) is 28.4. The number of piperidine rings is 1. The largest absolute Gasteiger partial charge is 0.353 e. The highest BCUT2D eigenvalue weighted by atomic mass is 19.1. The van der Waals surface area contributed by atoms with Gasteiger partial charge in [0.05, 0.1) is 0 Å². The average Bonchev–Trinajstić information content (AvgIpc) is 2.48. The van der Waals surface area contributed by atoms with E-state index in [2.05, 4.69) is 17.1 Å². The lowest BCUT2D eigenvalue weighted by Crippen LogP contribution is -2.68. The highest BCUT2D eigenvalue weighted by Gasteiger charge is 2.51. The molecule has 0 radical (unpaired) electrons. The van der Waals surface area contributed by atoms with Crippen LogP contribution in [0.2, 0.25) is 0 Å². The summed E-state index contributed by atoms with van der Waals surface area (Å²) in [5.41, 5.74) is -2.11. The number of hydrogen-bond donors (Lipinski definition) is 1. The van der Waals surface area contributed by atoms with Gasteiger partial charge in [-0.2, -0.15) is 0 Å². The minimum Gasteiger partial charge on any atom is -0.353 e. The molecule has 1 spiro atoms. The summed E-state index contributed by atoms with van der Waals surface area (Å²) < 4.78 is 14.3. The van der Waals surface area contributed by atoms with Crippen molar-refractivity contribution >= 4 is 11.8 Å². The maximum absolute atomic E-state index is 14.3. The summed E-state index contributed by atoms with van der Waals surface area (Å²) in [6, 6.07) is 0. The van der Waals surface area contributed by atoms with E-state index in [1.54, 1.807) is 4.90 Å². The Hall–Kier alpha value is -1.17. The van der Waals surface area contributed by atoms with Crippen molar-refractivity contribution in [2.45, 2.75) is 50.2 Å². The number of nitrogens with one attached hydrogen (secondary N) is 1. The molecule has 0 aromatic rings. The third-order valence-corrected chi connectivity index (χ3v) is 5.48. The Morgan fingerprint density at radius 2 is 1.90 bits per heavy atom. The van der Waals surface area contributed by atoms with Crippen LogP contribution >= 0.6 is 0 Å². The molecule has 3 aliphatic rings. The van der Waals surface area contributed by atoms with Gasteiger partial charge < -0.3 is 10.2 Å². The zero-order valence-electron chi connectivity index (χ0n) is 12.7. The fourth-order valence-corrected chi connectivity index (χ4v) is 3.89. The second kappa shape index (κ2) is 5.23. The second-order valence-corrected chi connectivity index (χ2v) is 6.48. The van der Waals surface area contributed by atoms with Crippen LogP contribution in [0.25, 0.3) is 0 Å². The first-order chi connectivity index (χ1) is 10.0. The van der Waals surface area contributed by atoms with Crippen LogP contribution in [-0.4, -0.2) is 65.5 Å². The van der Waals surface area contributed by atoms with Crippen LogP contribution in [0.15, 0.2) is 0 Å². The summed E-state index contributed by atoms with van der Waals surface area (Å²) in [7, 11) is 0. The van der Waals surface area contributed by atoms with Gasteiger partial charge >= 0.3 is 0 Å². The van der Waals surface area contributed by atoms with Crippen LogP contribution < -0.4 is 5.32 Å². The van der Waals surface area contributed by atoms with Crippen LogP contribution in [0.5, 0.6) is 0 Å². The summed E-state index contributed by atoms with van der Waals surface area (Å²) in [5.74, 6) is -0.288. The fraction of sp³-hybridized carbons (Fsp3) is 0.867. The summed E-state index contributed by atoms with van der Waals surface area (Å²) in [6.45, 7) is 5.38. The monoisotopic (exact) mass is 297 g/mol. The van der Waals surface area contributed by atoms with Gasteiger partial charge in [-0.05, 0) is 38.6 Å². The van der Waals surface area contributed by atoms with Crippen molar-refractivity contribution < 1.29 is 14.0 Å². The molecule has 0 aromatic heterocycles. The van der Waals surface area contributed by atoms with Crippen LogP contribution in [0.1, 0.15) is 39.0 Å². The van der Waals surface area contributed by atoms with Crippen LogP contribution in [-0.2, 0) is 9.59 Å². The van der Waals surface area contributed by atoms with E-state index in [9.17, 15) is 14.0 Å². The molecule has 2 saturated heterocycles. The third-order valence-electron chi connectivity index (χ3n) is 5.48. The van der Waals surface area contributed by atoms with E-state index < -0.39 is 11.2 Å². The number of hydrogen-bond acceptors (Lipinski definition) is 3. The molecule has 0 atom stereocenters. The molecule has 6 heteroatoms. The molecule has 1 aliphatic carbocycles. The second-order valence-electron chi connectivity index (χ2n) is 6.48. The molecule has 0 bridgehead atoms. The predicted molar refractivity (Wildman–Crippen MR) is 76.5 cm³/mol. The topological polar surface area (TPSA) is 52.7 Å². The summed E-state index contributed by atoms with van der Waals surface area (Å²) in [6.07, 6.45) is 2.72. The molecule has 3 rings (SSSR count). The number of likely N-dealkylation sites (tertiary alicyclic amines) is 1. The Morgan fingerprint density at radius 1 is 1.24 bits per heavy atom. The SMILES string of the molecule is CCN1CCNC(=O)C12CCN(C(=O)C1(F)CCC1)CC2. The van der Waals surface area contributed by atoms with Gasteiger partial charge in [0.15, 0.2) is 5.67 Å². The molecule has 3 fully saturated rings. The van der Waals surface area contributed by atoms with Gasteiger partial charge in [0.1, 0.15) is 5.54 Å². The standard InChI is InChI=1S/C15H24FN3O2/c1-2-19-11-8-17-12(20)15(19)6-9-18(10-7-15)13(21)14(16)4-3-5-14/h2-11H2,1H3,(H,17,20). The highest BCUT2D eigenvalue weighted by Crippen LogP contribution is 2.39. The fourth-order valence-electron chi connectivity index (χ4n) is 3.89. The zero-order valence-corrected chi connectivity index (χ0v) is 12.7. The number of likely N-dealkylation sites (N-methyl/N-ethyl adjacent to an activating group) is 1. The Kier molecular flexibility index (Phi) is 3.67. The van der Waals surface area contributed by atoms with E-state index in [0.717, 1.165) is 19.5 Å². The number of alkyl halides is 1. The molecule has 0 aromatic carbocycles. The Morgan fingerprint density at radius 3 is 2.43 bits per heavy atom. The van der Waals surface area contributed by atoms with Crippen molar-refractivity contribution in [2.24, 2.45) is 0 Å². The maximum Gasteiger partial charge on any atom is 0.260 e. The smallest absolute Gasteiger partial charge is 0.260 e. The quantitative estimate of drug-likeness (QED) is 0.816. The lowest BCUT2D eigenvalue weighted by atomic mass is 9.79. The van der Waals surface area contributed by atoms with Crippen LogP contribution in [0, 0.1) is 0 Å². The van der Waals surface area contributed by atoms with E-state index in [4.69, 9.17) is 0 Å². The molecule has 5 nitrogen and oxygen atoms in total. The van der Waals surface area contributed by atoms with Gasteiger partial charge in [-0.1, -0.05) is 6.92 Å². The van der Waals surface area contributed by atoms with E-state index in [1.807, 2.05) is 0 Å². The maximum atomic E-state index is 14.3. The van der Waals surface area contributed by atoms with Crippen molar-refractivity contribution in [1.29, 1.82) is 0 Å². The third kappa shape index (κ3) is 2.24. The van der Waals surface area contributed by atoms with Gasteiger partial charge in [-0.25, -0.2) is 4.39 Å². The molecular weight excluding hydrogens is 273 g/mol. The Bertz CT molecular complexity index is 442. The van der Waals surface area contributed by atoms with E-state index in [0.29, 0.717) is 45.3 Å². The molecule has 2 amide bonds. The lowest BCUT2D eigenvalue weighted by Gasteiger charge is -2.50. The number of amides is 2. The average molecular weight is 297 g/mol. The van der Waals surface area contributed by atoms with E-state index in [1.165, 1.54) is 0 Å². The van der Waals surface area contributed by atoms with Crippen molar-refractivity contribution in [3.63, 3.8) is 0 Å². The number of nitrogens with zero attached hydrogens (tertiary/aromatic N) is 2. The number of carbonyl (C=O) groups is 2.